The van der Waals surface area contributed by atoms with Gasteiger partial charge in [0, 0.05) is 5.69 Å². The molecule has 0 saturated carbocycles. The van der Waals surface area contributed by atoms with E-state index in [0.717, 1.165) is 6.42 Å². The van der Waals surface area contributed by atoms with Crippen LogP contribution in [0.5, 0.6) is 0 Å². The van der Waals surface area contributed by atoms with Gasteiger partial charge in [-0.2, -0.15) is 0 Å². The first kappa shape index (κ1) is 20.4. The molecule has 2 aromatic rings. The molecular weight excluding hydrogens is 366 g/mol. The standard InChI is InChI=1S/C19H25N3O2S2/c1-4-18(15-7-5-14(6-8-15)13(2)3)22-19(25)21-16-9-11-17(12-10-16)26(20,23)24/h5-13,18H,4H2,1-3H3,(H2,20,23,24)(H2,21,22,25). The predicted octanol–water partition coefficient (Wildman–Crippen LogP) is 3.90. The van der Waals surface area contributed by atoms with Crippen LogP contribution in [-0.2, 0) is 10.0 Å². The number of hydrogen-bond donors (Lipinski definition) is 3. The minimum atomic E-state index is -3.69. The maximum absolute atomic E-state index is 11.3. The van der Waals surface area contributed by atoms with Crippen LogP contribution >= 0.6 is 12.2 Å². The minimum Gasteiger partial charge on any atom is -0.356 e. The monoisotopic (exact) mass is 391 g/mol. The van der Waals surface area contributed by atoms with Crippen molar-refractivity contribution in [1.29, 1.82) is 0 Å². The van der Waals surface area contributed by atoms with Crippen LogP contribution in [-0.4, -0.2) is 13.5 Å². The van der Waals surface area contributed by atoms with Crippen molar-refractivity contribution in [2.24, 2.45) is 5.14 Å². The number of hydrogen-bond acceptors (Lipinski definition) is 3. The Morgan fingerprint density at radius 1 is 1.04 bits per heavy atom. The average Bonchev–Trinajstić information content (AvgIpc) is 2.59. The lowest BCUT2D eigenvalue weighted by Crippen LogP contribution is -2.32. The van der Waals surface area contributed by atoms with Crippen LogP contribution in [0.2, 0.25) is 0 Å². The van der Waals surface area contributed by atoms with Crippen molar-refractivity contribution in [3.05, 3.63) is 59.7 Å². The maximum atomic E-state index is 11.3. The van der Waals surface area contributed by atoms with Gasteiger partial charge in [-0.15, -0.1) is 0 Å². The SMILES string of the molecule is CCC(NC(=S)Nc1ccc(S(N)(=O)=O)cc1)c1ccc(C(C)C)cc1. The first-order valence-corrected chi connectivity index (χ1v) is 10.5. The highest BCUT2D eigenvalue weighted by atomic mass is 32.2. The van der Waals surface area contributed by atoms with Gasteiger partial charge in [0.1, 0.15) is 0 Å². The molecule has 140 valence electrons. The molecule has 0 amide bonds. The molecule has 26 heavy (non-hydrogen) atoms. The summed E-state index contributed by atoms with van der Waals surface area (Å²) in [5.41, 5.74) is 3.17. The third-order valence-corrected chi connectivity index (χ3v) is 5.31. The van der Waals surface area contributed by atoms with Gasteiger partial charge < -0.3 is 10.6 Å². The molecule has 0 aliphatic heterocycles. The summed E-state index contributed by atoms with van der Waals surface area (Å²) >= 11 is 5.39. The van der Waals surface area contributed by atoms with E-state index in [4.69, 9.17) is 17.4 Å². The number of rotatable bonds is 6. The van der Waals surface area contributed by atoms with E-state index < -0.39 is 10.0 Å². The van der Waals surface area contributed by atoms with Gasteiger partial charge in [-0.25, -0.2) is 13.6 Å². The lowest BCUT2D eigenvalue weighted by molar-refractivity contribution is 0.598. The van der Waals surface area contributed by atoms with Gasteiger partial charge in [0.25, 0.3) is 0 Å². The molecule has 2 aromatic carbocycles. The zero-order chi connectivity index (χ0) is 19.3. The van der Waals surface area contributed by atoms with Gasteiger partial charge >= 0.3 is 0 Å². The molecule has 2 rings (SSSR count). The van der Waals surface area contributed by atoms with E-state index >= 15 is 0 Å². The quantitative estimate of drug-likeness (QED) is 0.651. The molecule has 0 saturated heterocycles. The van der Waals surface area contributed by atoms with Crippen molar-refractivity contribution >= 4 is 33.0 Å². The molecule has 0 fully saturated rings. The first-order chi connectivity index (χ1) is 12.2. The lowest BCUT2D eigenvalue weighted by atomic mass is 9.98. The number of benzene rings is 2. The third kappa shape index (κ3) is 5.52. The summed E-state index contributed by atoms with van der Waals surface area (Å²) in [5.74, 6) is 0.500. The van der Waals surface area contributed by atoms with Gasteiger partial charge in [-0.1, -0.05) is 45.0 Å². The van der Waals surface area contributed by atoms with Crippen molar-refractivity contribution in [3.8, 4) is 0 Å². The Hall–Kier alpha value is -1.96. The first-order valence-electron chi connectivity index (χ1n) is 8.51. The van der Waals surface area contributed by atoms with E-state index in [-0.39, 0.29) is 10.9 Å². The fourth-order valence-electron chi connectivity index (χ4n) is 2.59. The zero-order valence-electron chi connectivity index (χ0n) is 15.2. The van der Waals surface area contributed by atoms with Gasteiger partial charge in [0.15, 0.2) is 5.11 Å². The maximum Gasteiger partial charge on any atom is 0.238 e. The molecule has 0 heterocycles. The Kier molecular flexibility index (Phi) is 6.75. The van der Waals surface area contributed by atoms with Crippen LogP contribution in [0.25, 0.3) is 0 Å². The number of primary sulfonamides is 1. The molecule has 1 unspecified atom stereocenters. The highest BCUT2D eigenvalue weighted by Gasteiger charge is 2.12. The van der Waals surface area contributed by atoms with E-state index in [0.29, 0.717) is 16.7 Å². The minimum absolute atomic E-state index is 0.0682. The van der Waals surface area contributed by atoms with Gasteiger partial charge in [-0.3, -0.25) is 0 Å². The summed E-state index contributed by atoms with van der Waals surface area (Å²) in [5, 5.41) is 12.0. The second kappa shape index (κ2) is 8.62. The molecule has 0 radical (unpaired) electrons. The van der Waals surface area contributed by atoms with Crippen molar-refractivity contribution in [3.63, 3.8) is 0 Å². The molecule has 5 nitrogen and oxygen atoms in total. The molecule has 0 aliphatic carbocycles. The Balaban J connectivity index is 2.02. The van der Waals surface area contributed by atoms with Crippen molar-refractivity contribution < 1.29 is 8.42 Å². The van der Waals surface area contributed by atoms with Gasteiger partial charge in [0.2, 0.25) is 10.0 Å². The Morgan fingerprint density at radius 3 is 2.04 bits per heavy atom. The molecule has 0 aromatic heterocycles. The molecule has 1 atom stereocenters. The highest BCUT2D eigenvalue weighted by molar-refractivity contribution is 7.89. The number of anilines is 1. The number of thiocarbonyl (C=S) groups is 1. The van der Waals surface area contributed by atoms with Crippen LogP contribution in [0.3, 0.4) is 0 Å². The van der Waals surface area contributed by atoms with Crippen LogP contribution in [0.15, 0.2) is 53.4 Å². The molecule has 0 spiro atoms. The van der Waals surface area contributed by atoms with Crippen LogP contribution in [0.4, 0.5) is 5.69 Å². The molecule has 4 N–H and O–H groups in total. The summed E-state index contributed by atoms with van der Waals surface area (Å²) in [6.45, 7) is 6.44. The fraction of sp³-hybridized carbons (Fsp3) is 0.316. The second-order valence-electron chi connectivity index (χ2n) is 6.45. The molecule has 7 heteroatoms. The van der Waals surface area contributed by atoms with Crippen LogP contribution in [0.1, 0.15) is 50.3 Å². The smallest absolute Gasteiger partial charge is 0.238 e. The van der Waals surface area contributed by atoms with E-state index in [1.54, 1.807) is 12.1 Å². The van der Waals surface area contributed by atoms with Gasteiger partial charge in [-0.05, 0) is 59.9 Å². The average molecular weight is 392 g/mol. The predicted molar refractivity (Wildman–Crippen MR) is 111 cm³/mol. The summed E-state index contributed by atoms with van der Waals surface area (Å²) in [4.78, 5) is 0.0682. The van der Waals surface area contributed by atoms with Crippen molar-refractivity contribution in [1.82, 2.24) is 5.32 Å². The zero-order valence-corrected chi connectivity index (χ0v) is 16.8. The Morgan fingerprint density at radius 2 is 1.58 bits per heavy atom. The van der Waals surface area contributed by atoms with E-state index in [2.05, 4.69) is 55.7 Å². The number of sulfonamides is 1. The van der Waals surface area contributed by atoms with E-state index in [9.17, 15) is 8.42 Å². The summed E-state index contributed by atoms with van der Waals surface area (Å²) in [7, 11) is -3.69. The topological polar surface area (TPSA) is 84.2 Å². The Bertz CT molecular complexity index is 845. The lowest BCUT2D eigenvalue weighted by Gasteiger charge is -2.20. The summed E-state index contributed by atoms with van der Waals surface area (Å²) < 4.78 is 22.6. The number of nitrogens with two attached hydrogens (primary N) is 1. The summed E-state index contributed by atoms with van der Waals surface area (Å²) in [6, 6.07) is 14.8. The molecule has 0 aliphatic rings. The van der Waals surface area contributed by atoms with Crippen LogP contribution < -0.4 is 15.8 Å². The number of nitrogens with one attached hydrogen (secondary N) is 2. The fourth-order valence-corrected chi connectivity index (χ4v) is 3.36. The highest BCUT2D eigenvalue weighted by Crippen LogP contribution is 2.21. The third-order valence-electron chi connectivity index (χ3n) is 4.16. The van der Waals surface area contributed by atoms with E-state index in [1.807, 2.05) is 0 Å². The largest absolute Gasteiger partial charge is 0.356 e. The van der Waals surface area contributed by atoms with Gasteiger partial charge in [0.05, 0.1) is 10.9 Å². The second-order valence-corrected chi connectivity index (χ2v) is 8.42. The Labute approximate surface area is 161 Å². The van der Waals surface area contributed by atoms with Crippen molar-refractivity contribution in [2.45, 2.75) is 44.0 Å². The normalized spacial score (nSPS) is 12.7. The summed E-state index contributed by atoms with van der Waals surface area (Å²) in [6.07, 6.45) is 0.882. The molecule has 0 bridgehead atoms. The van der Waals surface area contributed by atoms with Crippen LogP contribution in [0, 0.1) is 0 Å². The molecular formula is C19H25N3O2S2. The van der Waals surface area contributed by atoms with Crippen molar-refractivity contribution in [2.75, 3.05) is 5.32 Å². The van der Waals surface area contributed by atoms with E-state index in [1.165, 1.54) is 23.3 Å².